The molecular formula is C13H14N2O4S2. The normalized spacial score (nSPS) is 11.2. The summed E-state index contributed by atoms with van der Waals surface area (Å²) in [4.78, 5) is 16.1. The van der Waals surface area contributed by atoms with E-state index in [0.717, 1.165) is 23.2 Å². The molecule has 6 nitrogen and oxygen atoms in total. The summed E-state index contributed by atoms with van der Waals surface area (Å²) in [6, 6.07) is 5.23. The van der Waals surface area contributed by atoms with Gasteiger partial charge in [0, 0.05) is 11.6 Å². The third-order valence-corrected chi connectivity index (χ3v) is 4.56. The molecule has 0 radical (unpaired) electrons. The zero-order valence-corrected chi connectivity index (χ0v) is 13.3. The van der Waals surface area contributed by atoms with Crippen molar-refractivity contribution in [3.05, 3.63) is 34.7 Å². The summed E-state index contributed by atoms with van der Waals surface area (Å²) < 4.78 is 27.9. The molecule has 21 heavy (non-hydrogen) atoms. The Labute approximate surface area is 126 Å². The fourth-order valence-electron chi connectivity index (χ4n) is 1.65. The fraction of sp³-hybridized carbons (Fsp3) is 0.231. The highest BCUT2D eigenvalue weighted by atomic mass is 32.2. The Kier molecular flexibility index (Phi) is 4.29. The van der Waals surface area contributed by atoms with E-state index in [9.17, 15) is 13.2 Å². The van der Waals surface area contributed by atoms with E-state index in [0.29, 0.717) is 11.3 Å². The highest BCUT2D eigenvalue weighted by Gasteiger charge is 2.16. The van der Waals surface area contributed by atoms with E-state index in [1.807, 2.05) is 13.0 Å². The van der Waals surface area contributed by atoms with E-state index in [1.54, 1.807) is 12.1 Å². The number of carbonyl (C=O) groups is 1. The van der Waals surface area contributed by atoms with Gasteiger partial charge in [-0.1, -0.05) is 11.6 Å². The van der Waals surface area contributed by atoms with E-state index in [4.69, 9.17) is 4.74 Å². The van der Waals surface area contributed by atoms with Crippen molar-refractivity contribution in [2.45, 2.75) is 11.9 Å². The van der Waals surface area contributed by atoms with Gasteiger partial charge in [-0.15, -0.1) is 11.3 Å². The second-order valence-electron chi connectivity index (χ2n) is 4.42. The van der Waals surface area contributed by atoms with Gasteiger partial charge in [0.05, 0.1) is 12.7 Å². The molecule has 1 amide bonds. The molecule has 0 saturated heterocycles. The van der Waals surface area contributed by atoms with Crippen LogP contribution in [0.25, 0.3) is 0 Å². The molecule has 0 aliphatic heterocycles. The van der Waals surface area contributed by atoms with Crippen molar-refractivity contribution in [3.63, 3.8) is 0 Å². The molecule has 1 aromatic heterocycles. The van der Waals surface area contributed by atoms with Crippen LogP contribution in [0.15, 0.2) is 28.6 Å². The first-order valence-corrected chi connectivity index (χ1v) is 8.70. The van der Waals surface area contributed by atoms with Crippen molar-refractivity contribution < 1.29 is 17.9 Å². The predicted molar refractivity (Wildman–Crippen MR) is 80.9 cm³/mol. The highest BCUT2D eigenvalue weighted by Crippen LogP contribution is 2.23. The molecule has 112 valence electrons. The van der Waals surface area contributed by atoms with Crippen LogP contribution >= 0.6 is 11.3 Å². The number of hydrogen-bond acceptors (Lipinski definition) is 6. The molecule has 0 aliphatic rings. The number of aryl methyl sites for hydroxylation is 1. The second-order valence-corrected chi connectivity index (χ2v) is 7.24. The van der Waals surface area contributed by atoms with E-state index in [-0.39, 0.29) is 10.2 Å². The van der Waals surface area contributed by atoms with Crippen LogP contribution < -0.4 is 10.1 Å². The SMILES string of the molecule is COc1ccc(C)cc1C(=O)Nc1nc(S(C)(=O)=O)cs1. The number of rotatable bonds is 4. The van der Waals surface area contributed by atoms with Crippen molar-refractivity contribution >= 4 is 32.2 Å². The number of ether oxygens (including phenoxy) is 1. The number of nitrogens with zero attached hydrogens (tertiary/aromatic N) is 1. The minimum absolute atomic E-state index is 0.0565. The number of methoxy groups -OCH3 is 1. The molecule has 2 aromatic rings. The zero-order valence-electron chi connectivity index (χ0n) is 11.7. The maximum absolute atomic E-state index is 12.2. The predicted octanol–water partition coefficient (Wildman–Crippen LogP) is 2.12. The smallest absolute Gasteiger partial charge is 0.261 e. The lowest BCUT2D eigenvalue weighted by molar-refractivity contribution is 0.102. The van der Waals surface area contributed by atoms with Gasteiger partial charge in [0.2, 0.25) is 0 Å². The third-order valence-electron chi connectivity index (χ3n) is 2.68. The van der Waals surface area contributed by atoms with Crippen LogP contribution in [-0.4, -0.2) is 32.7 Å². The summed E-state index contributed by atoms with van der Waals surface area (Å²) in [6.45, 7) is 1.86. The van der Waals surface area contributed by atoms with E-state index in [1.165, 1.54) is 12.5 Å². The molecule has 0 bridgehead atoms. The van der Waals surface area contributed by atoms with Crippen LogP contribution in [0, 0.1) is 6.92 Å². The maximum atomic E-state index is 12.2. The minimum atomic E-state index is -3.38. The Bertz CT molecular complexity index is 781. The van der Waals surface area contributed by atoms with E-state index < -0.39 is 15.7 Å². The van der Waals surface area contributed by atoms with Crippen LogP contribution in [-0.2, 0) is 9.84 Å². The summed E-state index contributed by atoms with van der Waals surface area (Å²) in [5, 5.41) is 4.13. The van der Waals surface area contributed by atoms with Crippen molar-refractivity contribution in [2.75, 3.05) is 18.7 Å². The standard InChI is InChI=1S/C13H14N2O4S2/c1-8-4-5-10(19-2)9(6-8)12(16)15-13-14-11(7-20-13)21(3,17)18/h4-7H,1-3H3,(H,14,15,16). The molecule has 0 unspecified atom stereocenters. The number of sulfone groups is 1. The van der Waals surface area contributed by atoms with Crippen molar-refractivity contribution in [2.24, 2.45) is 0 Å². The molecule has 1 N–H and O–H groups in total. The number of amides is 1. The summed E-state index contributed by atoms with van der Waals surface area (Å²) in [7, 11) is -1.90. The maximum Gasteiger partial charge on any atom is 0.261 e. The number of thiazole rings is 1. The monoisotopic (exact) mass is 326 g/mol. The first-order valence-electron chi connectivity index (χ1n) is 5.93. The van der Waals surface area contributed by atoms with Crippen LogP contribution in [0.5, 0.6) is 5.75 Å². The van der Waals surface area contributed by atoms with Crippen molar-refractivity contribution in [3.8, 4) is 5.75 Å². The third kappa shape index (κ3) is 3.59. The van der Waals surface area contributed by atoms with Gasteiger partial charge < -0.3 is 4.74 Å². The Balaban J connectivity index is 2.26. The molecule has 2 rings (SSSR count). The summed E-state index contributed by atoms with van der Waals surface area (Å²) in [5.41, 5.74) is 1.28. The highest BCUT2D eigenvalue weighted by molar-refractivity contribution is 7.90. The van der Waals surface area contributed by atoms with Gasteiger partial charge in [-0.05, 0) is 19.1 Å². The fourth-order valence-corrected chi connectivity index (χ4v) is 3.38. The Morgan fingerprint density at radius 3 is 2.67 bits per heavy atom. The van der Waals surface area contributed by atoms with Gasteiger partial charge >= 0.3 is 0 Å². The largest absolute Gasteiger partial charge is 0.496 e. The summed E-state index contributed by atoms with van der Waals surface area (Å²) in [5.74, 6) is 0.0444. The van der Waals surface area contributed by atoms with Crippen LogP contribution in [0.3, 0.4) is 0 Å². The molecule has 1 aromatic carbocycles. The Hall–Kier alpha value is -1.93. The van der Waals surface area contributed by atoms with Gasteiger partial charge in [0.15, 0.2) is 20.0 Å². The van der Waals surface area contributed by atoms with Crippen LogP contribution in [0.2, 0.25) is 0 Å². The van der Waals surface area contributed by atoms with E-state index >= 15 is 0 Å². The van der Waals surface area contributed by atoms with Gasteiger partial charge in [-0.25, -0.2) is 13.4 Å². The lowest BCUT2D eigenvalue weighted by Crippen LogP contribution is -2.13. The topological polar surface area (TPSA) is 85.4 Å². The average molecular weight is 326 g/mol. The Morgan fingerprint density at radius 2 is 2.10 bits per heavy atom. The summed E-state index contributed by atoms with van der Waals surface area (Å²) in [6.07, 6.45) is 1.07. The van der Waals surface area contributed by atoms with Crippen molar-refractivity contribution in [1.29, 1.82) is 0 Å². The number of benzene rings is 1. The van der Waals surface area contributed by atoms with Gasteiger partial charge in [0.25, 0.3) is 5.91 Å². The number of nitrogens with one attached hydrogen (secondary N) is 1. The lowest BCUT2D eigenvalue weighted by Gasteiger charge is -2.08. The first kappa shape index (κ1) is 15.5. The molecule has 1 heterocycles. The number of carbonyl (C=O) groups excluding carboxylic acids is 1. The molecule has 0 atom stereocenters. The average Bonchev–Trinajstić information content (AvgIpc) is 2.87. The number of anilines is 1. The molecule has 8 heteroatoms. The molecular weight excluding hydrogens is 312 g/mol. The van der Waals surface area contributed by atoms with Crippen LogP contribution in [0.4, 0.5) is 5.13 Å². The molecule has 0 aliphatic carbocycles. The second kappa shape index (κ2) is 5.82. The van der Waals surface area contributed by atoms with Gasteiger partial charge in [-0.3, -0.25) is 10.1 Å². The van der Waals surface area contributed by atoms with Gasteiger partial charge in [-0.2, -0.15) is 0 Å². The minimum Gasteiger partial charge on any atom is -0.496 e. The molecule has 0 spiro atoms. The molecule has 0 saturated carbocycles. The van der Waals surface area contributed by atoms with Gasteiger partial charge in [0.1, 0.15) is 5.75 Å². The van der Waals surface area contributed by atoms with E-state index in [2.05, 4.69) is 10.3 Å². The number of hydrogen-bond donors (Lipinski definition) is 1. The zero-order chi connectivity index (χ0) is 15.6. The Morgan fingerprint density at radius 1 is 1.38 bits per heavy atom. The lowest BCUT2D eigenvalue weighted by atomic mass is 10.1. The first-order chi connectivity index (χ1) is 9.81. The summed E-state index contributed by atoms with van der Waals surface area (Å²) >= 11 is 1.05. The quantitative estimate of drug-likeness (QED) is 0.930. The van der Waals surface area contributed by atoms with Crippen LogP contribution in [0.1, 0.15) is 15.9 Å². The number of aromatic nitrogens is 1. The molecule has 0 fully saturated rings. The van der Waals surface area contributed by atoms with Crippen molar-refractivity contribution in [1.82, 2.24) is 4.98 Å².